The molecule has 0 atom stereocenters. The molecule has 0 radical (unpaired) electrons. The Bertz CT molecular complexity index is 1110. The van der Waals surface area contributed by atoms with Crippen molar-refractivity contribution >= 4 is 58.9 Å². The van der Waals surface area contributed by atoms with Crippen LogP contribution in [0.1, 0.15) is 38.8 Å². The minimum absolute atomic E-state index is 0.757. The Hall–Kier alpha value is -2.10. The van der Waals surface area contributed by atoms with E-state index >= 15 is 0 Å². The van der Waals surface area contributed by atoms with Crippen LogP contribution in [-0.4, -0.2) is 0 Å². The van der Waals surface area contributed by atoms with Crippen molar-refractivity contribution in [1.82, 2.24) is 0 Å². The van der Waals surface area contributed by atoms with Gasteiger partial charge >= 0.3 is 0 Å². The first-order valence-electron chi connectivity index (χ1n) is 11.0. The van der Waals surface area contributed by atoms with Crippen LogP contribution >= 0.6 is 46.7 Å². The molecular weight excluding hydrogens is 495 g/mol. The largest absolute Gasteiger partial charge is 0.0902 e. The Morgan fingerprint density at radius 1 is 0.529 bits per heavy atom. The molecule has 0 aliphatic carbocycles. The molecule has 0 amide bonds. The molecule has 0 fully saturated rings. The van der Waals surface area contributed by atoms with E-state index in [0.717, 1.165) is 10.0 Å². The molecule has 4 heteroatoms. The third-order valence-corrected chi connectivity index (χ3v) is 7.91. The molecule has 0 N–H and O–H groups in total. The molecule has 34 heavy (non-hydrogen) atoms. The Morgan fingerprint density at radius 2 is 0.853 bits per heavy atom. The molecule has 0 saturated heterocycles. The molecule has 0 nitrogen and oxygen atoms in total. The van der Waals surface area contributed by atoms with Gasteiger partial charge in [0.1, 0.15) is 0 Å². The highest BCUT2D eigenvalue weighted by Gasteiger charge is 2.02. The van der Waals surface area contributed by atoms with E-state index in [1.807, 2.05) is 24.3 Å². The van der Waals surface area contributed by atoms with E-state index in [9.17, 15) is 0 Å². The maximum absolute atomic E-state index is 6.01. The molecule has 3 rings (SSSR count). The van der Waals surface area contributed by atoms with Gasteiger partial charge in [0.2, 0.25) is 0 Å². The van der Waals surface area contributed by atoms with Crippen LogP contribution in [0.15, 0.2) is 116 Å². The Labute approximate surface area is 222 Å². The van der Waals surface area contributed by atoms with Gasteiger partial charge in [-0.1, -0.05) is 94.3 Å². The van der Waals surface area contributed by atoms with Crippen LogP contribution < -0.4 is 0 Å². The summed E-state index contributed by atoms with van der Waals surface area (Å²) in [5.74, 6) is 0. The van der Waals surface area contributed by atoms with Crippen LogP contribution in [0.25, 0.3) is 12.2 Å². The third kappa shape index (κ3) is 8.60. The van der Waals surface area contributed by atoms with E-state index in [0.29, 0.717) is 0 Å². The lowest BCUT2D eigenvalue weighted by Gasteiger charge is -2.06. The van der Waals surface area contributed by atoms with Crippen molar-refractivity contribution in [3.05, 3.63) is 127 Å². The molecular formula is C30H28Cl2S2. The average Bonchev–Trinajstić information content (AvgIpc) is 2.82. The zero-order valence-corrected chi connectivity index (χ0v) is 23.0. The SMILES string of the molecule is CC(C)=C(/C=C/c1ccc(/C=C/C(Sc2ccc(Cl)cc2)=C(C)C)cc1)Sc1ccc(Cl)cc1. The second kappa shape index (κ2) is 13.1. The van der Waals surface area contributed by atoms with Gasteiger partial charge in [-0.25, -0.2) is 0 Å². The molecule has 0 aliphatic rings. The first-order valence-corrected chi connectivity index (χ1v) is 13.4. The topological polar surface area (TPSA) is 0 Å². The predicted molar refractivity (Wildman–Crippen MR) is 156 cm³/mol. The van der Waals surface area contributed by atoms with Crippen LogP contribution in [0.4, 0.5) is 0 Å². The number of halogens is 2. The second-order valence-corrected chi connectivity index (χ2v) is 11.3. The van der Waals surface area contributed by atoms with Crippen molar-refractivity contribution in [3.63, 3.8) is 0 Å². The normalized spacial score (nSPS) is 11.2. The number of hydrogen-bond donors (Lipinski definition) is 0. The van der Waals surface area contributed by atoms with E-state index in [2.05, 4.69) is 101 Å². The molecule has 0 unspecified atom stereocenters. The molecule has 3 aromatic carbocycles. The van der Waals surface area contributed by atoms with Crippen molar-refractivity contribution < 1.29 is 0 Å². The lowest BCUT2D eigenvalue weighted by Crippen LogP contribution is -1.80. The summed E-state index contributed by atoms with van der Waals surface area (Å²) in [5, 5.41) is 1.51. The van der Waals surface area contributed by atoms with Gasteiger partial charge in [-0.15, -0.1) is 0 Å². The second-order valence-electron chi connectivity index (χ2n) is 8.17. The highest BCUT2D eigenvalue weighted by atomic mass is 35.5. The first kappa shape index (κ1) is 26.5. The maximum Gasteiger partial charge on any atom is 0.0406 e. The van der Waals surface area contributed by atoms with Gasteiger partial charge in [0.05, 0.1) is 0 Å². The Morgan fingerprint density at radius 3 is 1.15 bits per heavy atom. The lowest BCUT2D eigenvalue weighted by atomic mass is 10.1. The summed E-state index contributed by atoms with van der Waals surface area (Å²) in [6, 6.07) is 24.5. The minimum Gasteiger partial charge on any atom is -0.0902 e. The van der Waals surface area contributed by atoms with Crippen molar-refractivity contribution in [2.75, 3.05) is 0 Å². The smallest absolute Gasteiger partial charge is 0.0406 e. The summed E-state index contributed by atoms with van der Waals surface area (Å²) in [5.41, 5.74) is 4.91. The summed E-state index contributed by atoms with van der Waals surface area (Å²) in [4.78, 5) is 4.83. The van der Waals surface area contributed by atoms with Crippen LogP contribution in [0, 0.1) is 0 Å². The molecule has 174 valence electrons. The first-order chi connectivity index (χ1) is 16.3. The van der Waals surface area contributed by atoms with Gasteiger partial charge in [-0.2, -0.15) is 0 Å². The van der Waals surface area contributed by atoms with Crippen molar-refractivity contribution in [1.29, 1.82) is 0 Å². The van der Waals surface area contributed by atoms with Crippen molar-refractivity contribution in [2.24, 2.45) is 0 Å². The molecule has 0 heterocycles. The Balaban J connectivity index is 1.67. The number of benzene rings is 3. The monoisotopic (exact) mass is 522 g/mol. The maximum atomic E-state index is 6.01. The number of allylic oxidation sites excluding steroid dienone is 4. The van der Waals surface area contributed by atoms with Crippen molar-refractivity contribution in [3.8, 4) is 0 Å². The van der Waals surface area contributed by atoms with Crippen LogP contribution in [0.3, 0.4) is 0 Å². The molecule has 0 aromatic heterocycles. The van der Waals surface area contributed by atoms with E-state index < -0.39 is 0 Å². The summed E-state index contributed by atoms with van der Waals surface area (Å²) in [7, 11) is 0. The zero-order chi connectivity index (χ0) is 24.5. The van der Waals surface area contributed by atoms with E-state index in [4.69, 9.17) is 23.2 Å². The van der Waals surface area contributed by atoms with E-state index in [1.54, 1.807) is 23.5 Å². The Kier molecular flexibility index (Phi) is 10.2. The van der Waals surface area contributed by atoms with Gasteiger partial charge in [-0.05, 0) is 99.5 Å². The van der Waals surface area contributed by atoms with Crippen LogP contribution in [-0.2, 0) is 0 Å². The molecule has 0 aliphatic heterocycles. The van der Waals surface area contributed by atoms with Crippen LogP contribution in [0.2, 0.25) is 10.0 Å². The lowest BCUT2D eigenvalue weighted by molar-refractivity contribution is 1.37. The van der Waals surface area contributed by atoms with E-state index in [-0.39, 0.29) is 0 Å². The predicted octanol–water partition coefficient (Wildman–Crippen LogP) is 11.2. The van der Waals surface area contributed by atoms with Gasteiger partial charge in [0.25, 0.3) is 0 Å². The van der Waals surface area contributed by atoms with Gasteiger partial charge < -0.3 is 0 Å². The fourth-order valence-electron chi connectivity index (χ4n) is 2.93. The minimum atomic E-state index is 0.757. The quantitative estimate of drug-likeness (QED) is 0.213. The standard InChI is InChI=1S/C30H28Cl2S2/c1-21(2)29(33-27-15-11-25(31)12-16-27)19-9-23-5-7-24(8-6-23)10-20-30(22(3)4)34-28-17-13-26(32)14-18-28/h5-20H,1-4H3/b19-9+,20-10+. The summed E-state index contributed by atoms with van der Waals surface area (Å²) in [6.45, 7) is 8.55. The number of hydrogen-bond acceptors (Lipinski definition) is 2. The molecule has 0 spiro atoms. The molecule has 0 bridgehead atoms. The fraction of sp³-hybridized carbons (Fsp3) is 0.133. The van der Waals surface area contributed by atoms with Crippen LogP contribution in [0.5, 0.6) is 0 Å². The van der Waals surface area contributed by atoms with Gasteiger partial charge in [0, 0.05) is 29.6 Å². The summed E-state index contributed by atoms with van der Waals surface area (Å²) in [6.07, 6.45) is 8.69. The number of rotatable bonds is 8. The summed E-state index contributed by atoms with van der Waals surface area (Å²) < 4.78 is 0. The molecule has 3 aromatic rings. The average molecular weight is 524 g/mol. The van der Waals surface area contributed by atoms with Gasteiger partial charge in [0.15, 0.2) is 0 Å². The van der Waals surface area contributed by atoms with Crippen molar-refractivity contribution in [2.45, 2.75) is 37.5 Å². The number of thioether (sulfide) groups is 2. The molecule has 0 saturated carbocycles. The highest BCUT2D eigenvalue weighted by Crippen LogP contribution is 2.32. The third-order valence-electron chi connectivity index (χ3n) is 4.86. The van der Waals surface area contributed by atoms with E-state index in [1.165, 1.54) is 41.9 Å². The fourth-order valence-corrected chi connectivity index (χ4v) is 4.91. The van der Waals surface area contributed by atoms with Gasteiger partial charge in [-0.3, -0.25) is 0 Å². The highest BCUT2D eigenvalue weighted by molar-refractivity contribution is 8.03. The summed E-state index contributed by atoms with van der Waals surface area (Å²) >= 11 is 15.5. The zero-order valence-electron chi connectivity index (χ0n) is 19.8.